The molecule has 1 saturated carbocycles. The first kappa shape index (κ1) is 13.6. The Morgan fingerprint density at radius 3 is 2.67 bits per heavy atom. The molecule has 1 N–H and O–H groups in total. The Labute approximate surface area is 111 Å². The van der Waals surface area contributed by atoms with E-state index in [1.54, 1.807) is 0 Å². The van der Waals surface area contributed by atoms with Crippen LogP contribution in [0.2, 0.25) is 0 Å². The standard InChI is InChI=1S/C16H26N2/c1-3-18(12-14-6-4-7-14)13-16-9-5-8-15(10-16)11-17-2/h5,8-10,14,17H,3-4,6-7,11-13H2,1-2H3. The minimum atomic E-state index is 0.961. The molecule has 0 saturated heterocycles. The first-order valence-corrected chi connectivity index (χ1v) is 7.26. The molecule has 0 unspecified atom stereocenters. The van der Waals surface area contributed by atoms with Crippen molar-refractivity contribution < 1.29 is 0 Å². The lowest BCUT2D eigenvalue weighted by Crippen LogP contribution is -2.32. The highest BCUT2D eigenvalue weighted by Crippen LogP contribution is 2.27. The van der Waals surface area contributed by atoms with Gasteiger partial charge in [-0.25, -0.2) is 0 Å². The fraction of sp³-hybridized carbons (Fsp3) is 0.625. The molecule has 100 valence electrons. The van der Waals surface area contributed by atoms with Crippen LogP contribution in [0.15, 0.2) is 24.3 Å². The molecule has 0 atom stereocenters. The van der Waals surface area contributed by atoms with Gasteiger partial charge in [0.1, 0.15) is 0 Å². The van der Waals surface area contributed by atoms with Crippen molar-refractivity contribution in [3.05, 3.63) is 35.4 Å². The van der Waals surface area contributed by atoms with Gasteiger partial charge in [-0.3, -0.25) is 4.90 Å². The Morgan fingerprint density at radius 1 is 1.28 bits per heavy atom. The largest absolute Gasteiger partial charge is 0.316 e. The van der Waals surface area contributed by atoms with Gasteiger partial charge in [-0.05, 0) is 43.5 Å². The van der Waals surface area contributed by atoms with Crippen molar-refractivity contribution in [3.8, 4) is 0 Å². The maximum atomic E-state index is 3.22. The summed E-state index contributed by atoms with van der Waals surface area (Å²) in [6.45, 7) is 6.78. The molecular weight excluding hydrogens is 220 g/mol. The van der Waals surface area contributed by atoms with Gasteiger partial charge in [0.05, 0.1) is 0 Å². The molecule has 0 amide bonds. The normalized spacial score (nSPS) is 15.9. The molecule has 0 radical (unpaired) electrons. The van der Waals surface area contributed by atoms with Crippen LogP contribution in [0.1, 0.15) is 37.3 Å². The highest BCUT2D eigenvalue weighted by molar-refractivity contribution is 5.23. The Kier molecular flexibility index (Phi) is 5.21. The van der Waals surface area contributed by atoms with Gasteiger partial charge in [0.15, 0.2) is 0 Å². The van der Waals surface area contributed by atoms with Crippen LogP contribution in [-0.2, 0) is 13.1 Å². The van der Waals surface area contributed by atoms with E-state index in [9.17, 15) is 0 Å². The summed E-state index contributed by atoms with van der Waals surface area (Å²) in [5.41, 5.74) is 2.83. The quantitative estimate of drug-likeness (QED) is 0.795. The van der Waals surface area contributed by atoms with Gasteiger partial charge >= 0.3 is 0 Å². The minimum absolute atomic E-state index is 0.961. The molecule has 2 heteroatoms. The molecule has 0 spiro atoms. The van der Waals surface area contributed by atoms with E-state index in [0.717, 1.165) is 25.6 Å². The molecule has 0 heterocycles. The second kappa shape index (κ2) is 6.91. The van der Waals surface area contributed by atoms with Crippen molar-refractivity contribution in [1.29, 1.82) is 0 Å². The van der Waals surface area contributed by atoms with Crippen LogP contribution in [0.4, 0.5) is 0 Å². The van der Waals surface area contributed by atoms with Gasteiger partial charge in [0, 0.05) is 19.6 Å². The van der Waals surface area contributed by atoms with Crippen LogP contribution in [-0.4, -0.2) is 25.0 Å². The molecule has 18 heavy (non-hydrogen) atoms. The van der Waals surface area contributed by atoms with Crippen LogP contribution in [0.3, 0.4) is 0 Å². The zero-order valence-electron chi connectivity index (χ0n) is 11.8. The Morgan fingerprint density at radius 2 is 2.06 bits per heavy atom. The van der Waals surface area contributed by atoms with Crippen molar-refractivity contribution in [3.63, 3.8) is 0 Å². The maximum absolute atomic E-state index is 3.22. The van der Waals surface area contributed by atoms with Gasteiger partial charge in [0.2, 0.25) is 0 Å². The van der Waals surface area contributed by atoms with Crippen LogP contribution in [0, 0.1) is 5.92 Å². The highest BCUT2D eigenvalue weighted by Gasteiger charge is 2.19. The van der Waals surface area contributed by atoms with E-state index in [1.165, 1.54) is 36.9 Å². The van der Waals surface area contributed by atoms with E-state index in [0.29, 0.717) is 0 Å². The second-order valence-electron chi connectivity index (χ2n) is 5.47. The average molecular weight is 246 g/mol. The van der Waals surface area contributed by atoms with Gasteiger partial charge < -0.3 is 5.32 Å². The van der Waals surface area contributed by atoms with Gasteiger partial charge in [0.25, 0.3) is 0 Å². The van der Waals surface area contributed by atoms with Crippen LogP contribution >= 0.6 is 0 Å². The number of hydrogen-bond acceptors (Lipinski definition) is 2. The van der Waals surface area contributed by atoms with E-state index in [1.807, 2.05) is 7.05 Å². The van der Waals surface area contributed by atoms with Crippen molar-refractivity contribution >= 4 is 0 Å². The van der Waals surface area contributed by atoms with Crippen molar-refractivity contribution in [1.82, 2.24) is 10.2 Å². The van der Waals surface area contributed by atoms with E-state index in [-0.39, 0.29) is 0 Å². The molecular formula is C16H26N2. The lowest BCUT2D eigenvalue weighted by Gasteiger charge is -2.31. The van der Waals surface area contributed by atoms with Crippen molar-refractivity contribution in [2.75, 3.05) is 20.1 Å². The molecule has 2 nitrogen and oxygen atoms in total. The summed E-state index contributed by atoms with van der Waals surface area (Å²) in [5.74, 6) is 0.963. The summed E-state index contributed by atoms with van der Waals surface area (Å²) in [4.78, 5) is 2.59. The van der Waals surface area contributed by atoms with Crippen molar-refractivity contribution in [2.24, 2.45) is 5.92 Å². The molecule has 1 aromatic carbocycles. The number of benzene rings is 1. The number of rotatable bonds is 7. The van der Waals surface area contributed by atoms with E-state index >= 15 is 0 Å². The molecule has 0 bridgehead atoms. The summed E-state index contributed by atoms with van der Waals surface area (Å²) in [5, 5.41) is 3.22. The SMILES string of the molecule is CCN(Cc1cccc(CNC)c1)CC1CCC1. The van der Waals surface area contributed by atoms with Gasteiger partial charge in [-0.2, -0.15) is 0 Å². The average Bonchev–Trinajstić information content (AvgIpc) is 2.33. The third-order valence-corrected chi connectivity index (χ3v) is 3.97. The third kappa shape index (κ3) is 3.82. The maximum Gasteiger partial charge on any atom is 0.0233 e. The molecule has 2 rings (SSSR count). The molecule has 0 aromatic heterocycles. The number of nitrogens with one attached hydrogen (secondary N) is 1. The summed E-state index contributed by atoms with van der Waals surface area (Å²) >= 11 is 0. The monoisotopic (exact) mass is 246 g/mol. The predicted octanol–water partition coefficient (Wildman–Crippen LogP) is 3.03. The fourth-order valence-corrected chi connectivity index (χ4v) is 2.65. The lowest BCUT2D eigenvalue weighted by atomic mass is 9.85. The third-order valence-electron chi connectivity index (χ3n) is 3.97. The Bertz CT molecular complexity index is 358. The molecule has 1 aromatic rings. The molecule has 1 aliphatic carbocycles. The summed E-state index contributed by atoms with van der Waals surface area (Å²) in [7, 11) is 2.00. The first-order valence-electron chi connectivity index (χ1n) is 7.26. The lowest BCUT2D eigenvalue weighted by molar-refractivity contribution is 0.178. The topological polar surface area (TPSA) is 15.3 Å². The predicted molar refractivity (Wildman–Crippen MR) is 77.5 cm³/mol. The minimum Gasteiger partial charge on any atom is -0.316 e. The zero-order valence-corrected chi connectivity index (χ0v) is 11.8. The van der Waals surface area contributed by atoms with Crippen LogP contribution < -0.4 is 5.32 Å². The fourth-order valence-electron chi connectivity index (χ4n) is 2.65. The van der Waals surface area contributed by atoms with Gasteiger partial charge in [-0.1, -0.05) is 37.6 Å². The Balaban J connectivity index is 1.90. The smallest absolute Gasteiger partial charge is 0.0233 e. The van der Waals surface area contributed by atoms with E-state index < -0.39 is 0 Å². The van der Waals surface area contributed by atoms with Crippen LogP contribution in [0.5, 0.6) is 0 Å². The summed E-state index contributed by atoms with van der Waals surface area (Å²) < 4.78 is 0. The van der Waals surface area contributed by atoms with Crippen molar-refractivity contribution in [2.45, 2.75) is 39.3 Å². The highest BCUT2D eigenvalue weighted by atomic mass is 15.1. The first-order chi connectivity index (χ1) is 8.81. The zero-order chi connectivity index (χ0) is 12.8. The number of nitrogens with zero attached hydrogens (tertiary/aromatic N) is 1. The Hall–Kier alpha value is -0.860. The van der Waals surface area contributed by atoms with E-state index in [2.05, 4.69) is 41.4 Å². The van der Waals surface area contributed by atoms with Crippen LogP contribution in [0.25, 0.3) is 0 Å². The molecule has 0 aliphatic heterocycles. The van der Waals surface area contributed by atoms with E-state index in [4.69, 9.17) is 0 Å². The molecule has 1 fully saturated rings. The summed E-state index contributed by atoms with van der Waals surface area (Å²) in [6, 6.07) is 8.96. The second-order valence-corrected chi connectivity index (χ2v) is 5.47. The summed E-state index contributed by atoms with van der Waals surface area (Å²) in [6.07, 6.45) is 4.33. The van der Waals surface area contributed by atoms with Gasteiger partial charge in [-0.15, -0.1) is 0 Å². The number of hydrogen-bond donors (Lipinski definition) is 1. The molecule has 1 aliphatic rings.